The number of alkyl halides is 2. The first kappa shape index (κ1) is 13.3. The van der Waals surface area contributed by atoms with Crippen molar-refractivity contribution >= 4 is 12.4 Å². The number of fused-ring (bicyclic) bond motifs is 1. The molecule has 3 rings (SSSR count). The molecule has 0 spiro atoms. The van der Waals surface area contributed by atoms with E-state index in [-0.39, 0.29) is 29.9 Å². The van der Waals surface area contributed by atoms with Gasteiger partial charge in [0.15, 0.2) is 11.5 Å². The lowest BCUT2D eigenvalue weighted by Gasteiger charge is -2.24. The van der Waals surface area contributed by atoms with E-state index >= 15 is 0 Å². The summed E-state index contributed by atoms with van der Waals surface area (Å²) in [6, 6.07) is 4.71. The Bertz CT molecular complexity index is 438. The molecule has 2 heterocycles. The summed E-state index contributed by atoms with van der Waals surface area (Å²) >= 11 is 0. The lowest BCUT2D eigenvalue weighted by molar-refractivity contribution is -0.287. The third kappa shape index (κ3) is 2.36. The molecule has 2 aliphatic heterocycles. The summed E-state index contributed by atoms with van der Waals surface area (Å²) in [5.74, 6) is 0.167. The highest BCUT2D eigenvalue weighted by Gasteiger charge is 2.45. The third-order valence-corrected chi connectivity index (χ3v) is 2.76. The predicted molar refractivity (Wildman–Crippen MR) is 61.5 cm³/mol. The SMILES string of the molecule is Cl.FC1(F)Oc2cccc([C@@H]3COCCN3)c2O1. The summed E-state index contributed by atoms with van der Waals surface area (Å²) in [6.45, 7) is 1.75. The molecule has 0 saturated carbocycles. The number of nitrogens with one attached hydrogen (secondary N) is 1. The maximum Gasteiger partial charge on any atom is 0.586 e. The van der Waals surface area contributed by atoms with Crippen LogP contribution >= 0.6 is 12.4 Å². The molecule has 18 heavy (non-hydrogen) atoms. The van der Waals surface area contributed by atoms with Crippen LogP contribution in [0.2, 0.25) is 0 Å². The fraction of sp³-hybridized carbons (Fsp3) is 0.455. The van der Waals surface area contributed by atoms with Gasteiger partial charge >= 0.3 is 6.29 Å². The molecule has 100 valence electrons. The first-order chi connectivity index (χ1) is 8.16. The van der Waals surface area contributed by atoms with Gasteiger partial charge in [-0.05, 0) is 6.07 Å². The van der Waals surface area contributed by atoms with Crippen molar-refractivity contribution in [2.45, 2.75) is 12.3 Å². The molecule has 2 aliphatic rings. The van der Waals surface area contributed by atoms with Gasteiger partial charge in [-0.1, -0.05) is 12.1 Å². The summed E-state index contributed by atoms with van der Waals surface area (Å²) in [5, 5.41) is 3.19. The molecule has 1 saturated heterocycles. The Hall–Kier alpha value is -1.11. The molecule has 0 bridgehead atoms. The first-order valence-electron chi connectivity index (χ1n) is 5.35. The van der Waals surface area contributed by atoms with E-state index in [9.17, 15) is 8.78 Å². The average Bonchev–Trinajstić information content (AvgIpc) is 2.63. The zero-order valence-electron chi connectivity index (χ0n) is 9.32. The summed E-state index contributed by atoms with van der Waals surface area (Å²) < 4.78 is 40.2. The molecule has 4 nitrogen and oxygen atoms in total. The lowest BCUT2D eigenvalue weighted by Crippen LogP contribution is -2.34. The van der Waals surface area contributed by atoms with Gasteiger partial charge in [0.2, 0.25) is 0 Å². The topological polar surface area (TPSA) is 39.7 Å². The van der Waals surface area contributed by atoms with Crippen molar-refractivity contribution in [3.8, 4) is 11.5 Å². The standard InChI is InChI=1S/C11H11F2NO3.ClH/c12-11(13)16-9-3-1-2-7(10(9)17-11)8-6-15-5-4-14-8;/h1-3,8,14H,4-6H2;1H/t8-;/m0./s1. The molecule has 0 radical (unpaired) electrons. The van der Waals surface area contributed by atoms with E-state index < -0.39 is 6.29 Å². The second kappa shape index (κ2) is 4.87. The molecule has 1 fully saturated rings. The summed E-state index contributed by atoms with van der Waals surface area (Å²) in [4.78, 5) is 0. The van der Waals surface area contributed by atoms with Crippen LogP contribution < -0.4 is 14.8 Å². The van der Waals surface area contributed by atoms with Crippen LogP contribution in [-0.2, 0) is 4.74 Å². The van der Waals surface area contributed by atoms with Crippen LogP contribution in [0, 0.1) is 0 Å². The number of ether oxygens (including phenoxy) is 3. The quantitative estimate of drug-likeness (QED) is 0.854. The highest BCUT2D eigenvalue weighted by molar-refractivity contribution is 5.85. The Morgan fingerprint density at radius 2 is 2.11 bits per heavy atom. The van der Waals surface area contributed by atoms with Crippen LogP contribution in [-0.4, -0.2) is 26.1 Å². The van der Waals surface area contributed by atoms with Crippen molar-refractivity contribution in [2.24, 2.45) is 0 Å². The molecule has 1 N–H and O–H groups in total. The summed E-state index contributed by atoms with van der Waals surface area (Å²) in [7, 11) is 0. The van der Waals surface area contributed by atoms with Gasteiger partial charge < -0.3 is 19.5 Å². The van der Waals surface area contributed by atoms with E-state index in [0.29, 0.717) is 25.3 Å². The number of morpholine rings is 1. The molecule has 1 aromatic carbocycles. The molecular weight excluding hydrogens is 268 g/mol. The third-order valence-electron chi connectivity index (χ3n) is 2.76. The number of hydrogen-bond acceptors (Lipinski definition) is 4. The second-order valence-electron chi connectivity index (χ2n) is 3.92. The van der Waals surface area contributed by atoms with E-state index in [4.69, 9.17) is 4.74 Å². The fourth-order valence-electron chi connectivity index (χ4n) is 2.03. The minimum atomic E-state index is -3.58. The lowest BCUT2D eigenvalue weighted by atomic mass is 10.1. The first-order valence-corrected chi connectivity index (χ1v) is 5.35. The summed E-state index contributed by atoms with van der Waals surface area (Å²) in [5.41, 5.74) is 0.638. The number of halogens is 3. The number of para-hydroxylation sites is 1. The molecule has 1 aromatic rings. The zero-order valence-corrected chi connectivity index (χ0v) is 10.1. The highest BCUT2D eigenvalue weighted by atomic mass is 35.5. The van der Waals surface area contributed by atoms with Gasteiger partial charge in [0, 0.05) is 12.1 Å². The summed E-state index contributed by atoms with van der Waals surface area (Å²) in [6.07, 6.45) is -3.58. The monoisotopic (exact) mass is 279 g/mol. The second-order valence-corrected chi connectivity index (χ2v) is 3.92. The molecule has 1 atom stereocenters. The zero-order chi connectivity index (χ0) is 11.9. The van der Waals surface area contributed by atoms with E-state index in [1.165, 1.54) is 6.07 Å². The normalized spacial score (nSPS) is 24.4. The van der Waals surface area contributed by atoms with Crippen molar-refractivity contribution in [2.75, 3.05) is 19.8 Å². The van der Waals surface area contributed by atoms with Crippen molar-refractivity contribution in [1.29, 1.82) is 0 Å². The largest absolute Gasteiger partial charge is 0.586 e. The number of rotatable bonds is 1. The molecule has 0 aliphatic carbocycles. The smallest absolute Gasteiger partial charge is 0.395 e. The van der Waals surface area contributed by atoms with Gasteiger partial charge in [-0.2, -0.15) is 0 Å². The minimum Gasteiger partial charge on any atom is -0.395 e. The Labute approximate surface area is 109 Å². The highest BCUT2D eigenvalue weighted by Crippen LogP contribution is 2.45. The molecule has 0 amide bonds. The fourth-order valence-corrected chi connectivity index (χ4v) is 2.03. The van der Waals surface area contributed by atoms with E-state index in [1.54, 1.807) is 12.1 Å². The van der Waals surface area contributed by atoms with Crippen LogP contribution in [0.1, 0.15) is 11.6 Å². The van der Waals surface area contributed by atoms with Gasteiger partial charge in [-0.15, -0.1) is 21.2 Å². The van der Waals surface area contributed by atoms with Crippen LogP contribution in [0.5, 0.6) is 11.5 Å². The molecular formula is C11H12ClF2NO3. The van der Waals surface area contributed by atoms with Crippen molar-refractivity contribution in [3.05, 3.63) is 23.8 Å². The van der Waals surface area contributed by atoms with E-state index in [1.807, 2.05) is 0 Å². The predicted octanol–water partition coefficient (Wildman–Crippen LogP) is 2.09. The van der Waals surface area contributed by atoms with Crippen LogP contribution in [0.25, 0.3) is 0 Å². The van der Waals surface area contributed by atoms with Crippen molar-refractivity contribution in [3.63, 3.8) is 0 Å². The van der Waals surface area contributed by atoms with Crippen molar-refractivity contribution in [1.82, 2.24) is 5.32 Å². The van der Waals surface area contributed by atoms with Crippen molar-refractivity contribution < 1.29 is 23.0 Å². The van der Waals surface area contributed by atoms with Gasteiger partial charge in [-0.3, -0.25) is 0 Å². The van der Waals surface area contributed by atoms with Gasteiger partial charge in [-0.25, -0.2) is 0 Å². The van der Waals surface area contributed by atoms with Gasteiger partial charge in [0.25, 0.3) is 0 Å². The number of benzene rings is 1. The van der Waals surface area contributed by atoms with Gasteiger partial charge in [0.1, 0.15) is 0 Å². The number of hydrogen-bond donors (Lipinski definition) is 1. The van der Waals surface area contributed by atoms with E-state index in [2.05, 4.69) is 14.8 Å². The van der Waals surface area contributed by atoms with Crippen LogP contribution in [0.4, 0.5) is 8.78 Å². The Morgan fingerprint density at radius 3 is 2.83 bits per heavy atom. The Morgan fingerprint density at radius 1 is 1.28 bits per heavy atom. The van der Waals surface area contributed by atoms with Crippen LogP contribution in [0.3, 0.4) is 0 Å². The molecule has 7 heteroatoms. The maximum atomic E-state index is 13.0. The van der Waals surface area contributed by atoms with Crippen LogP contribution in [0.15, 0.2) is 18.2 Å². The average molecular weight is 280 g/mol. The maximum absolute atomic E-state index is 13.0. The van der Waals surface area contributed by atoms with E-state index in [0.717, 1.165) is 0 Å². The Kier molecular flexibility index (Phi) is 3.61. The minimum absolute atomic E-state index is 0. The molecule has 0 unspecified atom stereocenters. The Balaban J connectivity index is 0.00000120. The van der Waals surface area contributed by atoms with Gasteiger partial charge in [0.05, 0.1) is 19.3 Å². The molecule has 0 aromatic heterocycles.